The molecule has 0 aromatic carbocycles. The van der Waals surface area contributed by atoms with Crippen LogP contribution in [0, 0.1) is 11.8 Å². The first-order valence-electron chi connectivity index (χ1n) is 7.11. The van der Waals surface area contributed by atoms with Crippen LogP contribution < -0.4 is 10.2 Å². The molecule has 0 bridgehead atoms. The monoisotopic (exact) mass is 247 g/mol. The summed E-state index contributed by atoms with van der Waals surface area (Å²) in [6, 6.07) is 4.36. The summed E-state index contributed by atoms with van der Waals surface area (Å²) >= 11 is 0. The third-order valence-electron chi connectivity index (χ3n) is 3.89. The SMILES string of the molecule is CCCNCc1cc(N2CC(C)C(C)C2)ccn1. The fraction of sp³-hybridized carbons (Fsp3) is 0.667. The average molecular weight is 247 g/mol. The van der Waals surface area contributed by atoms with Crippen molar-refractivity contribution in [2.45, 2.75) is 33.7 Å². The Bertz CT molecular complexity index is 368. The van der Waals surface area contributed by atoms with E-state index in [-0.39, 0.29) is 0 Å². The lowest BCUT2D eigenvalue weighted by Crippen LogP contribution is -2.20. The van der Waals surface area contributed by atoms with Crippen LogP contribution in [-0.2, 0) is 6.54 Å². The highest BCUT2D eigenvalue weighted by atomic mass is 15.2. The maximum Gasteiger partial charge on any atom is 0.0562 e. The Kier molecular flexibility index (Phi) is 4.59. The number of hydrogen-bond donors (Lipinski definition) is 1. The molecule has 1 N–H and O–H groups in total. The Morgan fingerprint density at radius 2 is 2.06 bits per heavy atom. The van der Waals surface area contributed by atoms with Gasteiger partial charge in [0.15, 0.2) is 0 Å². The normalized spacial score (nSPS) is 23.6. The van der Waals surface area contributed by atoms with Crippen LogP contribution >= 0.6 is 0 Å². The molecule has 1 aliphatic rings. The van der Waals surface area contributed by atoms with Crippen LogP contribution in [0.25, 0.3) is 0 Å². The van der Waals surface area contributed by atoms with Crippen LogP contribution in [0.1, 0.15) is 32.9 Å². The van der Waals surface area contributed by atoms with Crippen LogP contribution in [0.5, 0.6) is 0 Å². The van der Waals surface area contributed by atoms with E-state index in [9.17, 15) is 0 Å². The van der Waals surface area contributed by atoms with Gasteiger partial charge in [0.05, 0.1) is 5.69 Å². The van der Waals surface area contributed by atoms with Crippen LogP contribution in [0.15, 0.2) is 18.3 Å². The molecule has 1 fully saturated rings. The standard InChI is InChI=1S/C15H25N3/c1-4-6-16-9-14-8-15(5-7-17-14)18-10-12(2)13(3)11-18/h5,7-8,12-13,16H,4,6,9-11H2,1-3H3. The Morgan fingerprint density at radius 3 is 2.72 bits per heavy atom. The van der Waals surface area contributed by atoms with Gasteiger partial charge >= 0.3 is 0 Å². The zero-order valence-corrected chi connectivity index (χ0v) is 11.8. The molecule has 100 valence electrons. The molecule has 2 unspecified atom stereocenters. The van der Waals surface area contributed by atoms with E-state index in [4.69, 9.17) is 0 Å². The van der Waals surface area contributed by atoms with E-state index in [0.29, 0.717) is 0 Å². The zero-order valence-electron chi connectivity index (χ0n) is 11.8. The maximum atomic E-state index is 4.43. The van der Waals surface area contributed by atoms with Gasteiger partial charge in [-0.25, -0.2) is 0 Å². The highest BCUT2D eigenvalue weighted by Gasteiger charge is 2.26. The fourth-order valence-corrected chi connectivity index (χ4v) is 2.49. The molecule has 1 saturated heterocycles. The largest absolute Gasteiger partial charge is 0.371 e. The smallest absolute Gasteiger partial charge is 0.0562 e. The van der Waals surface area contributed by atoms with Crippen LogP contribution in [0.3, 0.4) is 0 Å². The molecule has 2 rings (SSSR count). The lowest BCUT2D eigenvalue weighted by atomic mass is 10.0. The highest BCUT2D eigenvalue weighted by molar-refractivity contribution is 5.47. The number of anilines is 1. The van der Waals surface area contributed by atoms with Crippen molar-refractivity contribution >= 4 is 5.69 Å². The summed E-state index contributed by atoms with van der Waals surface area (Å²) < 4.78 is 0. The Morgan fingerprint density at radius 1 is 1.33 bits per heavy atom. The van der Waals surface area contributed by atoms with E-state index in [0.717, 1.165) is 30.6 Å². The zero-order chi connectivity index (χ0) is 13.0. The number of nitrogens with zero attached hydrogens (tertiary/aromatic N) is 2. The van der Waals surface area contributed by atoms with E-state index >= 15 is 0 Å². The highest BCUT2D eigenvalue weighted by Crippen LogP contribution is 2.27. The van der Waals surface area contributed by atoms with Gasteiger partial charge in [-0.3, -0.25) is 4.98 Å². The topological polar surface area (TPSA) is 28.2 Å². The number of aromatic nitrogens is 1. The van der Waals surface area contributed by atoms with Crippen LogP contribution in [0.4, 0.5) is 5.69 Å². The predicted octanol–water partition coefficient (Wildman–Crippen LogP) is 2.67. The second-order valence-corrected chi connectivity index (χ2v) is 5.54. The van der Waals surface area contributed by atoms with Gasteiger partial charge in [-0.15, -0.1) is 0 Å². The van der Waals surface area contributed by atoms with E-state index in [1.54, 1.807) is 0 Å². The predicted molar refractivity (Wildman–Crippen MR) is 76.8 cm³/mol. The lowest BCUT2D eigenvalue weighted by Gasteiger charge is -2.19. The molecule has 3 heteroatoms. The molecule has 18 heavy (non-hydrogen) atoms. The molecule has 0 spiro atoms. The molecule has 3 nitrogen and oxygen atoms in total. The molecule has 2 atom stereocenters. The van der Waals surface area contributed by atoms with Gasteiger partial charge in [-0.05, 0) is 36.9 Å². The van der Waals surface area contributed by atoms with Crippen molar-refractivity contribution in [1.82, 2.24) is 10.3 Å². The first-order chi connectivity index (χ1) is 8.70. The molecule has 1 aromatic heterocycles. The second kappa shape index (κ2) is 6.19. The average Bonchev–Trinajstić information content (AvgIpc) is 2.71. The second-order valence-electron chi connectivity index (χ2n) is 5.54. The number of rotatable bonds is 5. The first-order valence-corrected chi connectivity index (χ1v) is 7.11. The molecule has 1 aromatic rings. The summed E-state index contributed by atoms with van der Waals surface area (Å²) in [5.74, 6) is 1.58. The van der Waals surface area contributed by atoms with Gasteiger partial charge in [0.25, 0.3) is 0 Å². The van der Waals surface area contributed by atoms with Crippen LogP contribution in [-0.4, -0.2) is 24.6 Å². The quantitative estimate of drug-likeness (QED) is 0.811. The Labute approximate surface area is 111 Å². The molecule has 0 radical (unpaired) electrons. The maximum absolute atomic E-state index is 4.43. The first kappa shape index (κ1) is 13.3. The van der Waals surface area contributed by atoms with E-state index < -0.39 is 0 Å². The van der Waals surface area contributed by atoms with Gasteiger partial charge in [0.2, 0.25) is 0 Å². The van der Waals surface area contributed by atoms with Gasteiger partial charge in [-0.2, -0.15) is 0 Å². The number of pyridine rings is 1. The van der Waals surface area contributed by atoms with Crippen molar-refractivity contribution in [2.75, 3.05) is 24.5 Å². The van der Waals surface area contributed by atoms with Gasteiger partial charge < -0.3 is 10.2 Å². The minimum absolute atomic E-state index is 0.792. The Hall–Kier alpha value is -1.09. The van der Waals surface area contributed by atoms with Crippen molar-refractivity contribution in [3.63, 3.8) is 0 Å². The molecule has 1 aliphatic heterocycles. The minimum atomic E-state index is 0.792. The minimum Gasteiger partial charge on any atom is -0.371 e. The number of nitrogens with one attached hydrogen (secondary N) is 1. The summed E-state index contributed by atoms with van der Waals surface area (Å²) in [6.45, 7) is 11.2. The van der Waals surface area contributed by atoms with Crippen molar-refractivity contribution < 1.29 is 0 Å². The molecular weight excluding hydrogens is 222 g/mol. The summed E-state index contributed by atoms with van der Waals surface area (Å²) in [5.41, 5.74) is 2.47. The van der Waals surface area contributed by atoms with Gasteiger partial charge in [-0.1, -0.05) is 20.8 Å². The third-order valence-corrected chi connectivity index (χ3v) is 3.89. The van der Waals surface area contributed by atoms with Crippen LogP contribution in [0.2, 0.25) is 0 Å². The summed E-state index contributed by atoms with van der Waals surface area (Å²) in [4.78, 5) is 6.92. The molecule has 0 saturated carbocycles. The van der Waals surface area contributed by atoms with Gasteiger partial charge in [0.1, 0.15) is 0 Å². The molecule has 0 amide bonds. The molecule has 0 aliphatic carbocycles. The van der Waals surface area contributed by atoms with Gasteiger partial charge in [0, 0.05) is 31.5 Å². The lowest BCUT2D eigenvalue weighted by molar-refractivity contribution is 0.494. The summed E-state index contributed by atoms with van der Waals surface area (Å²) in [5, 5.41) is 3.41. The summed E-state index contributed by atoms with van der Waals surface area (Å²) in [7, 11) is 0. The molecular formula is C15H25N3. The van der Waals surface area contributed by atoms with Crippen molar-refractivity contribution in [3.05, 3.63) is 24.0 Å². The van der Waals surface area contributed by atoms with Crippen molar-refractivity contribution in [2.24, 2.45) is 11.8 Å². The van der Waals surface area contributed by atoms with E-state index in [2.05, 4.69) is 48.1 Å². The molecule has 2 heterocycles. The Balaban J connectivity index is 1.99. The van der Waals surface area contributed by atoms with Crippen molar-refractivity contribution in [1.29, 1.82) is 0 Å². The fourth-order valence-electron chi connectivity index (χ4n) is 2.49. The van der Waals surface area contributed by atoms with Crippen molar-refractivity contribution in [3.8, 4) is 0 Å². The van der Waals surface area contributed by atoms with E-state index in [1.165, 1.54) is 25.2 Å². The summed E-state index contributed by atoms with van der Waals surface area (Å²) in [6.07, 6.45) is 3.10. The third kappa shape index (κ3) is 3.22. The number of hydrogen-bond acceptors (Lipinski definition) is 3. The van der Waals surface area contributed by atoms with E-state index in [1.807, 2.05) is 6.20 Å².